The van der Waals surface area contributed by atoms with E-state index < -0.39 is 0 Å². The molecule has 1 N–H and O–H groups in total. The third-order valence-corrected chi connectivity index (χ3v) is 5.97. The van der Waals surface area contributed by atoms with E-state index in [0.717, 1.165) is 5.56 Å². The maximum atomic E-state index is 9.38. The Labute approximate surface area is 133 Å². The van der Waals surface area contributed by atoms with Crippen LogP contribution in [0.2, 0.25) is 0 Å². The van der Waals surface area contributed by atoms with Crippen LogP contribution in [0.3, 0.4) is 0 Å². The summed E-state index contributed by atoms with van der Waals surface area (Å²) >= 11 is 3.56. The second-order valence-electron chi connectivity index (χ2n) is 5.14. The Balaban J connectivity index is 1.99. The minimum atomic E-state index is 0.105. The van der Waals surface area contributed by atoms with E-state index in [2.05, 4.69) is 55.6 Å². The van der Waals surface area contributed by atoms with Gasteiger partial charge in [-0.05, 0) is 41.0 Å². The van der Waals surface area contributed by atoms with Gasteiger partial charge in [-0.25, -0.2) is 0 Å². The van der Waals surface area contributed by atoms with Gasteiger partial charge in [0.15, 0.2) is 0 Å². The van der Waals surface area contributed by atoms with Crippen LogP contribution >= 0.6 is 23.1 Å². The number of aliphatic hydroxyl groups is 1. The molecule has 0 spiro atoms. The van der Waals surface area contributed by atoms with Crippen LogP contribution < -0.4 is 0 Å². The molecule has 1 atom stereocenters. The van der Waals surface area contributed by atoms with Gasteiger partial charge in [-0.2, -0.15) is 0 Å². The lowest BCUT2D eigenvalue weighted by Gasteiger charge is -2.13. The van der Waals surface area contributed by atoms with E-state index in [1.54, 1.807) is 11.8 Å². The second-order valence-corrected chi connectivity index (χ2v) is 7.10. The average Bonchev–Trinajstić information content (AvgIpc) is 2.97. The van der Waals surface area contributed by atoms with Crippen molar-refractivity contribution in [1.29, 1.82) is 0 Å². The topological polar surface area (TPSA) is 20.2 Å². The molecule has 0 aliphatic rings. The summed E-state index contributed by atoms with van der Waals surface area (Å²) in [6.45, 7) is 2.36. The fraction of sp³-hybridized carbons (Fsp3) is 0.222. The zero-order valence-corrected chi connectivity index (χ0v) is 13.8. The van der Waals surface area contributed by atoms with Crippen LogP contribution in [0, 0.1) is 0 Å². The van der Waals surface area contributed by atoms with Gasteiger partial charge >= 0.3 is 0 Å². The van der Waals surface area contributed by atoms with Crippen molar-refractivity contribution < 1.29 is 5.11 Å². The molecule has 0 bridgehead atoms. The molecule has 0 saturated heterocycles. The van der Waals surface area contributed by atoms with Crippen LogP contribution in [0.15, 0.2) is 53.4 Å². The van der Waals surface area contributed by atoms with E-state index in [9.17, 15) is 5.11 Å². The number of rotatable bonds is 4. The highest BCUT2D eigenvalue weighted by molar-refractivity contribution is 7.98. The number of hydrogen-bond acceptors (Lipinski definition) is 3. The minimum Gasteiger partial charge on any atom is -0.392 e. The van der Waals surface area contributed by atoms with E-state index >= 15 is 0 Å². The summed E-state index contributed by atoms with van der Waals surface area (Å²) in [5.41, 5.74) is 2.32. The molecule has 1 unspecified atom stereocenters. The quantitative estimate of drug-likeness (QED) is 0.662. The highest BCUT2D eigenvalue weighted by atomic mass is 32.2. The number of fused-ring (bicyclic) bond motifs is 1. The largest absolute Gasteiger partial charge is 0.392 e. The predicted molar refractivity (Wildman–Crippen MR) is 93.5 cm³/mol. The van der Waals surface area contributed by atoms with Gasteiger partial charge in [0.2, 0.25) is 0 Å². The number of aliphatic hydroxyl groups excluding tert-OH is 1. The molecule has 0 amide bonds. The molecule has 108 valence electrons. The van der Waals surface area contributed by atoms with Gasteiger partial charge < -0.3 is 5.11 Å². The van der Waals surface area contributed by atoms with Crippen LogP contribution in [0.4, 0.5) is 0 Å². The zero-order chi connectivity index (χ0) is 14.8. The summed E-state index contributed by atoms with van der Waals surface area (Å²) in [4.78, 5) is 2.56. The summed E-state index contributed by atoms with van der Waals surface area (Å²) in [5.74, 6) is 0.376. The van der Waals surface area contributed by atoms with E-state index in [-0.39, 0.29) is 6.61 Å². The van der Waals surface area contributed by atoms with Crippen molar-refractivity contribution in [2.75, 3.05) is 6.26 Å². The van der Waals surface area contributed by atoms with E-state index in [4.69, 9.17) is 0 Å². The second kappa shape index (κ2) is 6.22. The van der Waals surface area contributed by atoms with Crippen molar-refractivity contribution in [1.82, 2.24) is 0 Å². The Hall–Kier alpha value is -1.29. The van der Waals surface area contributed by atoms with Gasteiger partial charge in [-0.15, -0.1) is 23.1 Å². The molecular formula is C18H18OS2. The van der Waals surface area contributed by atoms with Gasteiger partial charge in [0, 0.05) is 20.4 Å². The molecule has 1 aromatic heterocycles. The van der Waals surface area contributed by atoms with Gasteiger partial charge in [0.1, 0.15) is 0 Å². The van der Waals surface area contributed by atoms with Gasteiger partial charge in [-0.3, -0.25) is 0 Å². The lowest BCUT2D eigenvalue weighted by atomic mass is 9.98. The summed E-state index contributed by atoms with van der Waals surface area (Å²) in [5, 5.41) is 10.7. The molecular weight excluding hydrogens is 296 g/mol. The van der Waals surface area contributed by atoms with Crippen molar-refractivity contribution >= 4 is 33.2 Å². The molecule has 1 heterocycles. The molecule has 3 heteroatoms. The van der Waals surface area contributed by atoms with Crippen LogP contribution in [-0.4, -0.2) is 11.4 Å². The fourth-order valence-electron chi connectivity index (χ4n) is 2.54. The first kappa shape index (κ1) is 14.6. The Bertz CT molecular complexity index is 728. The lowest BCUT2D eigenvalue weighted by molar-refractivity contribution is 0.279. The van der Waals surface area contributed by atoms with Crippen molar-refractivity contribution in [2.45, 2.75) is 24.3 Å². The Morgan fingerprint density at radius 1 is 1.14 bits per heavy atom. The fourth-order valence-corrected chi connectivity index (χ4v) is 4.33. The first-order valence-electron chi connectivity index (χ1n) is 6.99. The first-order valence-corrected chi connectivity index (χ1v) is 9.03. The third kappa shape index (κ3) is 2.86. The summed E-state index contributed by atoms with van der Waals surface area (Å²) in [6.07, 6.45) is 2.06. The molecule has 3 rings (SSSR count). The van der Waals surface area contributed by atoms with E-state index in [1.165, 1.54) is 25.4 Å². The van der Waals surface area contributed by atoms with Gasteiger partial charge in [-0.1, -0.05) is 37.3 Å². The van der Waals surface area contributed by atoms with Crippen molar-refractivity contribution in [3.8, 4) is 0 Å². The smallest absolute Gasteiger partial charge is 0.0692 e. The maximum absolute atomic E-state index is 9.38. The third-order valence-electron chi connectivity index (χ3n) is 3.85. The Kier molecular flexibility index (Phi) is 4.34. The molecule has 0 aliphatic carbocycles. The molecule has 1 nitrogen and oxygen atoms in total. The van der Waals surface area contributed by atoms with Gasteiger partial charge in [0.05, 0.1) is 6.61 Å². The normalized spacial score (nSPS) is 12.7. The summed E-state index contributed by atoms with van der Waals surface area (Å²) in [6, 6.07) is 17.2. The molecule has 0 radical (unpaired) electrons. The molecule has 0 saturated carbocycles. The van der Waals surface area contributed by atoms with E-state index in [1.807, 2.05) is 17.4 Å². The Morgan fingerprint density at radius 2 is 1.95 bits per heavy atom. The molecule has 21 heavy (non-hydrogen) atoms. The summed E-state index contributed by atoms with van der Waals surface area (Å²) in [7, 11) is 0. The number of benzene rings is 2. The maximum Gasteiger partial charge on any atom is 0.0692 e. The Morgan fingerprint density at radius 3 is 2.67 bits per heavy atom. The SMILES string of the molecule is CSc1cc(C(C)c2cc3ccccc3s2)ccc1CO. The first-order chi connectivity index (χ1) is 10.2. The highest BCUT2D eigenvalue weighted by Gasteiger charge is 2.13. The standard InChI is InChI=1S/C18H18OS2/c1-12(13-7-8-15(11-19)18(9-13)20-2)17-10-14-5-3-4-6-16(14)21-17/h3-10,12,19H,11H2,1-2H3. The monoisotopic (exact) mass is 314 g/mol. The van der Waals surface area contributed by atoms with E-state index in [0.29, 0.717) is 5.92 Å². The van der Waals surface area contributed by atoms with Crippen molar-refractivity contribution in [3.05, 3.63) is 64.5 Å². The van der Waals surface area contributed by atoms with Crippen LogP contribution in [0.1, 0.15) is 28.8 Å². The number of hydrogen-bond donors (Lipinski definition) is 1. The number of thioether (sulfide) groups is 1. The van der Waals surface area contributed by atoms with Crippen LogP contribution in [-0.2, 0) is 6.61 Å². The lowest BCUT2D eigenvalue weighted by Crippen LogP contribution is -1.96. The predicted octanol–water partition coefficient (Wildman–Crippen LogP) is 5.27. The van der Waals surface area contributed by atoms with Crippen LogP contribution in [0.25, 0.3) is 10.1 Å². The molecule has 3 aromatic rings. The van der Waals surface area contributed by atoms with Crippen molar-refractivity contribution in [2.24, 2.45) is 0 Å². The highest BCUT2D eigenvalue weighted by Crippen LogP contribution is 2.35. The zero-order valence-electron chi connectivity index (χ0n) is 12.2. The summed E-state index contributed by atoms with van der Waals surface area (Å²) < 4.78 is 1.34. The van der Waals surface area contributed by atoms with Gasteiger partial charge in [0.25, 0.3) is 0 Å². The molecule has 0 fully saturated rings. The van der Waals surface area contributed by atoms with Crippen molar-refractivity contribution in [3.63, 3.8) is 0 Å². The number of thiophene rings is 1. The minimum absolute atomic E-state index is 0.105. The molecule has 0 aliphatic heterocycles. The molecule has 2 aromatic carbocycles. The van der Waals surface area contributed by atoms with Crippen LogP contribution in [0.5, 0.6) is 0 Å². The average molecular weight is 314 g/mol.